The third kappa shape index (κ3) is 3.70. The number of hydrogen-bond donors (Lipinski definition) is 1. The third-order valence-corrected chi connectivity index (χ3v) is 6.19. The smallest absolute Gasteiger partial charge is 0.260 e. The maximum absolute atomic E-state index is 15.4. The summed E-state index contributed by atoms with van der Waals surface area (Å²) in [7, 11) is 5.81. The molecule has 0 bridgehead atoms. The zero-order chi connectivity index (χ0) is 23.4. The summed E-state index contributed by atoms with van der Waals surface area (Å²) in [5, 5.41) is 7.70. The average molecular weight is 453 g/mol. The Bertz CT molecular complexity index is 1390. The van der Waals surface area contributed by atoms with E-state index in [-0.39, 0.29) is 22.4 Å². The molecule has 1 amide bonds. The number of imidazole rings is 1. The van der Waals surface area contributed by atoms with Crippen molar-refractivity contribution in [1.29, 1.82) is 0 Å². The lowest BCUT2D eigenvalue weighted by molar-refractivity contribution is 0.102. The number of rotatable bonds is 4. The highest BCUT2D eigenvalue weighted by Gasteiger charge is 2.29. The number of benzene rings is 1. The number of aromatic nitrogens is 4. The molecule has 172 valence electrons. The van der Waals surface area contributed by atoms with E-state index in [1.807, 2.05) is 14.1 Å². The number of likely N-dealkylation sites (N-methyl/N-ethyl adjacent to an activating group) is 1. The lowest BCUT2D eigenvalue weighted by atomic mass is 10.1. The monoisotopic (exact) mass is 453 g/mol. The van der Waals surface area contributed by atoms with Gasteiger partial charge in [0, 0.05) is 56.2 Å². The number of pyridine rings is 1. The summed E-state index contributed by atoms with van der Waals surface area (Å²) in [5.74, 6) is -1.93. The van der Waals surface area contributed by atoms with Gasteiger partial charge >= 0.3 is 0 Å². The van der Waals surface area contributed by atoms with Gasteiger partial charge in [-0.1, -0.05) is 0 Å². The molecule has 4 aromatic rings. The molecule has 1 aromatic carbocycles. The van der Waals surface area contributed by atoms with Crippen molar-refractivity contribution in [1.82, 2.24) is 24.1 Å². The standard InChI is InChI=1S/C23H25F2N7O/c1-13-9-32-10-14(7-18(25)22(32)26-13)27-23(33)20-17(24)8-19(16-12-30(4)28-21(16)20)31-6-5-15(11-31)29(2)3/h7-10,12,15H,5-6,11H2,1-4H3,(H,27,33)/t15-/m1/s1. The summed E-state index contributed by atoms with van der Waals surface area (Å²) in [5.41, 5.74) is 1.84. The fourth-order valence-corrected chi connectivity index (χ4v) is 4.54. The predicted octanol–water partition coefficient (Wildman–Crippen LogP) is 3.20. The van der Waals surface area contributed by atoms with E-state index in [0.29, 0.717) is 17.1 Å². The van der Waals surface area contributed by atoms with Crippen LogP contribution in [0, 0.1) is 18.6 Å². The van der Waals surface area contributed by atoms with E-state index in [1.54, 1.807) is 37.2 Å². The molecule has 5 rings (SSSR count). The topological polar surface area (TPSA) is 70.7 Å². The molecule has 0 spiro atoms. The molecule has 1 saturated heterocycles. The number of hydrogen-bond acceptors (Lipinski definition) is 5. The van der Waals surface area contributed by atoms with Gasteiger partial charge in [-0.15, -0.1) is 0 Å². The molecule has 0 aliphatic carbocycles. The van der Waals surface area contributed by atoms with Crippen molar-refractivity contribution < 1.29 is 13.6 Å². The molecule has 1 aliphatic rings. The average Bonchev–Trinajstić information content (AvgIpc) is 3.44. The maximum atomic E-state index is 15.4. The summed E-state index contributed by atoms with van der Waals surface area (Å²) >= 11 is 0. The Morgan fingerprint density at radius 2 is 1.97 bits per heavy atom. The maximum Gasteiger partial charge on any atom is 0.260 e. The fraction of sp³-hybridized carbons (Fsp3) is 0.348. The number of halogens is 2. The lowest BCUT2D eigenvalue weighted by Crippen LogP contribution is -2.31. The number of amides is 1. The van der Waals surface area contributed by atoms with E-state index < -0.39 is 17.5 Å². The van der Waals surface area contributed by atoms with Crippen molar-refractivity contribution >= 4 is 33.8 Å². The van der Waals surface area contributed by atoms with Crippen LogP contribution in [-0.4, -0.2) is 63.2 Å². The second kappa shape index (κ2) is 7.80. The highest BCUT2D eigenvalue weighted by molar-refractivity contribution is 6.14. The quantitative estimate of drug-likeness (QED) is 0.514. The van der Waals surface area contributed by atoms with Crippen LogP contribution in [0.5, 0.6) is 0 Å². The molecule has 8 nitrogen and oxygen atoms in total. The molecule has 1 fully saturated rings. The first kappa shape index (κ1) is 21.3. The minimum absolute atomic E-state index is 0.162. The van der Waals surface area contributed by atoms with Crippen molar-refractivity contribution in [3.05, 3.63) is 53.6 Å². The van der Waals surface area contributed by atoms with E-state index in [0.717, 1.165) is 25.2 Å². The van der Waals surface area contributed by atoms with Gasteiger partial charge in [-0.2, -0.15) is 5.10 Å². The van der Waals surface area contributed by atoms with Crippen molar-refractivity contribution in [3.63, 3.8) is 0 Å². The van der Waals surface area contributed by atoms with Gasteiger partial charge in [-0.3, -0.25) is 9.48 Å². The molecule has 10 heteroatoms. The Morgan fingerprint density at radius 3 is 2.70 bits per heavy atom. The van der Waals surface area contributed by atoms with Crippen LogP contribution in [0.15, 0.2) is 30.7 Å². The number of fused-ring (bicyclic) bond motifs is 2. The molecule has 0 unspecified atom stereocenters. The molecule has 1 aliphatic heterocycles. The van der Waals surface area contributed by atoms with E-state index in [1.165, 1.54) is 16.5 Å². The summed E-state index contributed by atoms with van der Waals surface area (Å²) in [6, 6.07) is 2.95. The van der Waals surface area contributed by atoms with Crippen LogP contribution in [0.25, 0.3) is 16.6 Å². The van der Waals surface area contributed by atoms with E-state index in [4.69, 9.17) is 0 Å². The Morgan fingerprint density at radius 1 is 1.18 bits per heavy atom. The second-order valence-corrected chi connectivity index (χ2v) is 8.81. The van der Waals surface area contributed by atoms with E-state index in [9.17, 15) is 9.18 Å². The van der Waals surface area contributed by atoms with Crippen LogP contribution in [0.3, 0.4) is 0 Å². The van der Waals surface area contributed by atoms with Crippen molar-refractivity contribution in [3.8, 4) is 0 Å². The van der Waals surface area contributed by atoms with Gasteiger partial charge in [-0.25, -0.2) is 13.8 Å². The van der Waals surface area contributed by atoms with Crippen LogP contribution >= 0.6 is 0 Å². The zero-order valence-electron chi connectivity index (χ0n) is 18.9. The number of nitrogens with one attached hydrogen (secondary N) is 1. The first-order valence-electron chi connectivity index (χ1n) is 10.7. The van der Waals surface area contributed by atoms with E-state index in [2.05, 4.69) is 25.2 Å². The number of carbonyl (C=O) groups is 1. The van der Waals surface area contributed by atoms with Gasteiger partial charge in [0.25, 0.3) is 5.91 Å². The Labute approximate surface area is 189 Å². The number of nitrogens with zero attached hydrogens (tertiary/aromatic N) is 6. The number of aryl methyl sites for hydroxylation is 2. The van der Waals surface area contributed by atoms with Crippen LogP contribution < -0.4 is 10.2 Å². The van der Waals surface area contributed by atoms with Crippen LogP contribution in [0.1, 0.15) is 22.5 Å². The van der Waals surface area contributed by atoms with Gasteiger partial charge < -0.3 is 19.5 Å². The lowest BCUT2D eigenvalue weighted by Gasteiger charge is -2.23. The van der Waals surface area contributed by atoms with Crippen LogP contribution in [0.4, 0.5) is 20.2 Å². The highest BCUT2D eigenvalue weighted by atomic mass is 19.1. The number of anilines is 2. The Hall–Kier alpha value is -3.53. The van der Waals surface area contributed by atoms with E-state index >= 15 is 4.39 Å². The summed E-state index contributed by atoms with van der Waals surface area (Å²) < 4.78 is 32.8. The minimum atomic E-state index is -0.689. The molecule has 0 saturated carbocycles. The van der Waals surface area contributed by atoms with Gasteiger partial charge in [0.1, 0.15) is 16.9 Å². The fourth-order valence-electron chi connectivity index (χ4n) is 4.54. The molecule has 1 N–H and O–H groups in total. The van der Waals surface area contributed by atoms with Crippen molar-refractivity contribution in [2.45, 2.75) is 19.4 Å². The van der Waals surface area contributed by atoms with Crippen LogP contribution in [0.2, 0.25) is 0 Å². The largest absolute Gasteiger partial charge is 0.369 e. The molecule has 0 radical (unpaired) electrons. The highest BCUT2D eigenvalue weighted by Crippen LogP contribution is 2.34. The Balaban J connectivity index is 1.52. The van der Waals surface area contributed by atoms with Gasteiger partial charge in [-0.05, 0) is 33.5 Å². The molecular weight excluding hydrogens is 428 g/mol. The first-order chi connectivity index (χ1) is 15.7. The summed E-state index contributed by atoms with van der Waals surface area (Å²) in [6.45, 7) is 3.31. The van der Waals surface area contributed by atoms with Gasteiger partial charge in [0.15, 0.2) is 11.5 Å². The second-order valence-electron chi connectivity index (χ2n) is 8.81. The first-order valence-corrected chi connectivity index (χ1v) is 10.7. The summed E-state index contributed by atoms with van der Waals surface area (Å²) in [4.78, 5) is 21.5. The third-order valence-electron chi connectivity index (χ3n) is 6.19. The normalized spacial score (nSPS) is 16.5. The summed E-state index contributed by atoms with van der Waals surface area (Å²) in [6.07, 6.45) is 5.96. The Kier molecular flexibility index (Phi) is 5.04. The van der Waals surface area contributed by atoms with Gasteiger partial charge in [0.05, 0.1) is 17.1 Å². The van der Waals surface area contributed by atoms with Crippen molar-refractivity contribution in [2.24, 2.45) is 7.05 Å². The number of carbonyl (C=O) groups excluding carboxylic acids is 1. The molecule has 4 heterocycles. The SMILES string of the molecule is Cc1cn2cc(NC(=O)c3c(F)cc(N4CC[C@@H](N(C)C)C4)c4cn(C)nc34)cc(F)c2n1. The molecule has 33 heavy (non-hydrogen) atoms. The van der Waals surface area contributed by atoms with Crippen LogP contribution in [-0.2, 0) is 7.05 Å². The van der Waals surface area contributed by atoms with Crippen molar-refractivity contribution in [2.75, 3.05) is 37.4 Å². The predicted molar refractivity (Wildman–Crippen MR) is 123 cm³/mol. The minimum Gasteiger partial charge on any atom is -0.369 e. The molecule has 3 aromatic heterocycles. The zero-order valence-corrected chi connectivity index (χ0v) is 18.9. The molecular formula is C23H25F2N7O. The van der Waals surface area contributed by atoms with Gasteiger partial charge in [0.2, 0.25) is 0 Å². The molecule has 1 atom stereocenters.